The van der Waals surface area contributed by atoms with Gasteiger partial charge in [0.1, 0.15) is 4.90 Å². The number of nitrogens with two attached hydrogens (primary N) is 1. The molecule has 0 aliphatic carbocycles. The van der Waals surface area contributed by atoms with Crippen LogP contribution in [0.3, 0.4) is 0 Å². The molecule has 2 unspecified atom stereocenters. The number of rotatable bonds is 4. The van der Waals surface area contributed by atoms with E-state index in [1.807, 2.05) is 0 Å². The van der Waals surface area contributed by atoms with E-state index < -0.39 is 21.1 Å². The number of anilines is 1. The van der Waals surface area contributed by atoms with Crippen molar-refractivity contribution in [1.82, 2.24) is 4.31 Å². The Bertz CT molecular complexity index is 659. The van der Waals surface area contributed by atoms with Crippen molar-refractivity contribution in [3.8, 4) is 0 Å². The Balaban J connectivity index is 2.31. The summed E-state index contributed by atoms with van der Waals surface area (Å²) in [5.41, 5.74) is 5.24. The summed E-state index contributed by atoms with van der Waals surface area (Å²) in [5, 5.41) is 20.2. The van der Waals surface area contributed by atoms with E-state index in [2.05, 4.69) is 0 Å². The number of benzene rings is 1. The number of hydrogen-bond donors (Lipinski definition) is 2. The van der Waals surface area contributed by atoms with Crippen LogP contribution in [0.25, 0.3) is 0 Å². The van der Waals surface area contributed by atoms with Crippen molar-refractivity contribution >= 4 is 21.4 Å². The van der Waals surface area contributed by atoms with Crippen LogP contribution in [0.15, 0.2) is 23.1 Å². The minimum atomic E-state index is -3.80. The van der Waals surface area contributed by atoms with Crippen molar-refractivity contribution in [2.45, 2.75) is 24.3 Å². The molecule has 1 heterocycles. The Hall–Kier alpha value is -1.71. The van der Waals surface area contributed by atoms with Gasteiger partial charge in [0.25, 0.3) is 5.69 Å². The Morgan fingerprint density at radius 2 is 2.19 bits per heavy atom. The topological polar surface area (TPSA) is 127 Å². The number of non-ortho nitro benzene ring substituents is 1. The fraction of sp³-hybridized carbons (Fsp3) is 0.500. The second kappa shape index (κ2) is 5.58. The summed E-state index contributed by atoms with van der Waals surface area (Å²) in [4.78, 5) is 9.88. The van der Waals surface area contributed by atoms with Crippen LogP contribution in [0.5, 0.6) is 0 Å². The van der Waals surface area contributed by atoms with Gasteiger partial charge in [-0.25, -0.2) is 8.42 Å². The first kappa shape index (κ1) is 15.7. The van der Waals surface area contributed by atoms with Crippen molar-refractivity contribution in [3.05, 3.63) is 28.3 Å². The van der Waals surface area contributed by atoms with Gasteiger partial charge in [0.05, 0.1) is 16.7 Å². The summed E-state index contributed by atoms with van der Waals surface area (Å²) >= 11 is 0. The van der Waals surface area contributed by atoms with Crippen molar-refractivity contribution in [2.24, 2.45) is 5.92 Å². The molecule has 1 saturated heterocycles. The van der Waals surface area contributed by atoms with Crippen LogP contribution in [0.2, 0.25) is 0 Å². The van der Waals surface area contributed by atoms with Crippen LogP contribution in [0.1, 0.15) is 13.3 Å². The summed E-state index contributed by atoms with van der Waals surface area (Å²) in [5.74, 6) is -0.112. The van der Waals surface area contributed by atoms with Crippen LogP contribution in [0, 0.1) is 16.0 Å². The summed E-state index contributed by atoms with van der Waals surface area (Å²) in [6.45, 7) is 2.14. The molecule has 1 fully saturated rings. The first-order valence-corrected chi connectivity index (χ1v) is 7.89. The molecular weight excluding hydrogens is 298 g/mol. The molecule has 8 nitrogen and oxygen atoms in total. The fourth-order valence-electron chi connectivity index (χ4n) is 2.39. The number of nitrogen functional groups attached to an aromatic ring is 1. The van der Waals surface area contributed by atoms with E-state index in [0.29, 0.717) is 13.0 Å². The highest BCUT2D eigenvalue weighted by molar-refractivity contribution is 7.89. The van der Waals surface area contributed by atoms with Gasteiger partial charge in [-0.3, -0.25) is 10.1 Å². The van der Waals surface area contributed by atoms with Crippen molar-refractivity contribution in [2.75, 3.05) is 18.8 Å². The van der Waals surface area contributed by atoms with Crippen LogP contribution >= 0.6 is 0 Å². The van der Waals surface area contributed by atoms with Gasteiger partial charge in [-0.1, -0.05) is 0 Å². The molecule has 0 bridgehead atoms. The maximum absolute atomic E-state index is 12.5. The molecule has 0 spiro atoms. The Kier molecular flexibility index (Phi) is 4.17. The van der Waals surface area contributed by atoms with E-state index in [0.717, 1.165) is 18.2 Å². The van der Waals surface area contributed by atoms with Gasteiger partial charge >= 0.3 is 0 Å². The number of sulfonamides is 1. The zero-order valence-corrected chi connectivity index (χ0v) is 12.3. The summed E-state index contributed by atoms with van der Waals surface area (Å²) in [7, 11) is -3.80. The minimum Gasteiger partial charge on any atom is -0.397 e. The molecule has 2 atom stereocenters. The molecule has 9 heteroatoms. The van der Waals surface area contributed by atoms with Crippen molar-refractivity contribution < 1.29 is 18.4 Å². The highest BCUT2D eigenvalue weighted by Gasteiger charge is 2.35. The summed E-state index contributed by atoms with van der Waals surface area (Å²) in [6, 6.07) is 3.30. The zero-order valence-electron chi connectivity index (χ0n) is 11.5. The molecule has 0 aromatic heterocycles. The molecule has 0 radical (unpaired) electrons. The van der Waals surface area contributed by atoms with Gasteiger partial charge in [0.15, 0.2) is 0 Å². The van der Waals surface area contributed by atoms with E-state index in [1.54, 1.807) is 6.92 Å². The Labute approximate surface area is 122 Å². The number of aliphatic hydroxyl groups is 1. The molecule has 3 N–H and O–H groups in total. The van der Waals surface area contributed by atoms with Crippen LogP contribution in [-0.2, 0) is 10.0 Å². The first-order valence-electron chi connectivity index (χ1n) is 6.45. The van der Waals surface area contributed by atoms with E-state index >= 15 is 0 Å². The van der Waals surface area contributed by atoms with Crippen molar-refractivity contribution in [3.63, 3.8) is 0 Å². The predicted octanol–water partition coefficient (Wildman–Crippen LogP) is 0.568. The quantitative estimate of drug-likeness (QED) is 0.475. The number of nitrogens with zero attached hydrogens (tertiary/aromatic N) is 2. The third-order valence-electron chi connectivity index (χ3n) is 3.69. The Morgan fingerprint density at radius 3 is 2.67 bits per heavy atom. The first-order chi connectivity index (χ1) is 9.73. The average Bonchev–Trinajstić information content (AvgIpc) is 2.88. The molecule has 1 aromatic rings. The highest BCUT2D eigenvalue weighted by atomic mass is 32.2. The van der Waals surface area contributed by atoms with Gasteiger partial charge in [-0.15, -0.1) is 0 Å². The zero-order chi connectivity index (χ0) is 15.8. The predicted molar refractivity (Wildman–Crippen MR) is 76.1 cm³/mol. The minimum absolute atomic E-state index is 0.112. The number of nitro groups is 1. The monoisotopic (exact) mass is 315 g/mol. The number of hydrogen-bond acceptors (Lipinski definition) is 6. The lowest BCUT2D eigenvalue weighted by molar-refractivity contribution is -0.384. The van der Waals surface area contributed by atoms with Crippen LogP contribution < -0.4 is 5.73 Å². The molecule has 1 aliphatic rings. The van der Waals surface area contributed by atoms with Gasteiger partial charge in [-0.2, -0.15) is 4.31 Å². The summed E-state index contributed by atoms with van der Waals surface area (Å²) in [6.07, 6.45) is -0.0107. The molecule has 116 valence electrons. The molecule has 21 heavy (non-hydrogen) atoms. The summed E-state index contributed by atoms with van der Waals surface area (Å²) < 4.78 is 26.2. The maximum Gasteiger partial charge on any atom is 0.271 e. The second-order valence-electron chi connectivity index (χ2n) is 5.13. The van der Waals surface area contributed by atoms with Gasteiger partial charge in [0, 0.05) is 25.2 Å². The molecule has 0 amide bonds. The number of nitro benzene ring substituents is 1. The third-order valence-corrected chi connectivity index (χ3v) is 5.63. The van der Waals surface area contributed by atoms with Gasteiger partial charge in [-0.05, 0) is 25.3 Å². The van der Waals surface area contributed by atoms with E-state index in [-0.39, 0.29) is 28.7 Å². The second-order valence-corrected chi connectivity index (χ2v) is 7.04. The largest absolute Gasteiger partial charge is 0.397 e. The maximum atomic E-state index is 12.5. The molecule has 1 aliphatic heterocycles. The SMILES string of the molecule is CC(O)C1CCN(S(=O)(=O)c2ccc([N+](=O)[O-])cc2N)C1. The van der Waals surface area contributed by atoms with Crippen LogP contribution in [0.4, 0.5) is 11.4 Å². The lowest BCUT2D eigenvalue weighted by Crippen LogP contribution is -2.31. The van der Waals surface area contributed by atoms with Gasteiger partial charge in [0.2, 0.25) is 10.0 Å². The Morgan fingerprint density at radius 1 is 1.52 bits per heavy atom. The van der Waals surface area contributed by atoms with Gasteiger partial charge < -0.3 is 10.8 Å². The lowest BCUT2D eigenvalue weighted by Gasteiger charge is -2.18. The lowest BCUT2D eigenvalue weighted by atomic mass is 10.0. The fourth-order valence-corrected chi connectivity index (χ4v) is 4.00. The number of aliphatic hydroxyl groups excluding tert-OH is 1. The third kappa shape index (κ3) is 2.99. The van der Waals surface area contributed by atoms with E-state index in [4.69, 9.17) is 5.73 Å². The normalized spacial score (nSPS) is 21.3. The van der Waals surface area contributed by atoms with Crippen LogP contribution in [-0.4, -0.2) is 41.9 Å². The molecular formula is C12H17N3O5S. The smallest absolute Gasteiger partial charge is 0.271 e. The standard InChI is InChI=1S/C12H17N3O5S/c1-8(16)9-4-5-14(7-9)21(19,20)12-3-2-10(15(17)18)6-11(12)13/h2-3,6,8-9,16H,4-5,7,13H2,1H3. The molecule has 2 rings (SSSR count). The highest BCUT2D eigenvalue weighted by Crippen LogP contribution is 2.30. The van der Waals surface area contributed by atoms with E-state index in [9.17, 15) is 23.6 Å². The average molecular weight is 315 g/mol. The molecule has 1 aromatic carbocycles. The van der Waals surface area contributed by atoms with Crippen molar-refractivity contribution in [1.29, 1.82) is 0 Å². The molecule has 0 saturated carbocycles. The van der Waals surface area contributed by atoms with E-state index in [1.165, 1.54) is 4.31 Å².